The molecular weight excluding hydrogens is 216 g/mol. The van der Waals surface area contributed by atoms with Crippen molar-refractivity contribution in [3.05, 3.63) is 36.1 Å². The summed E-state index contributed by atoms with van der Waals surface area (Å²) in [7, 11) is 0. The predicted molar refractivity (Wildman–Crippen MR) is 66.5 cm³/mol. The summed E-state index contributed by atoms with van der Waals surface area (Å²) in [5.74, 6) is 1.72. The van der Waals surface area contributed by atoms with Crippen molar-refractivity contribution < 1.29 is 14.6 Å². The van der Waals surface area contributed by atoms with Crippen LogP contribution in [0.15, 0.2) is 30.5 Å². The number of rotatable bonds is 6. The Bertz CT molecular complexity index is 385. The summed E-state index contributed by atoms with van der Waals surface area (Å²) < 4.78 is 10.6. The summed E-state index contributed by atoms with van der Waals surface area (Å²) in [5, 5.41) is 8.48. The van der Waals surface area contributed by atoms with Crippen LogP contribution >= 0.6 is 0 Å². The molecule has 0 aromatic heterocycles. The van der Waals surface area contributed by atoms with Gasteiger partial charge in [-0.2, -0.15) is 0 Å². The van der Waals surface area contributed by atoms with E-state index in [4.69, 9.17) is 14.6 Å². The number of ether oxygens (including phenoxy) is 2. The molecule has 0 saturated heterocycles. The van der Waals surface area contributed by atoms with Crippen LogP contribution in [-0.4, -0.2) is 11.9 Å². The minimum Gasteiger partial charge on any atom is -0.516 e. The Hall–Kier alpha value is -1.64. The molecule has 1 aliphatic heterocycles. The summed E-state index contributed by atoms with van der Waals surface area (Å²) in [6, 6.07) is 6.14. The molecule has 0 unspecified atom stereocenters. The quantitative estimate of drug-likeness (QED) is 0.604. The first kappa shape index (κ1) is 11.8. The molecule has 1 N–H and O–H groups in total. The first-order valence-corrected chi connectivity index (χ1v) is 6.08. The highest BCUT2D eigenvalue weighted by Crippen LogP contribution is 2.32. The Balaban J connectivity index is 1.72. The minimum absolute atomic E-state index is 0.340. The number of hydrogen-bond acceptors (Lipinski definition) is 3. The highest BCUT2D eigenvalue weighted by molar-refractivity contribution is 5.44. The lowest BCUT2D eigenvalue weighted by Crippen LogP contribution is -1.93. The molecule has 17 heavy (non-hydrogen) atoms. The van der Waals surface area contributed by atoms with Gasteiger partial charge in [0.1, 0.15) is 0 Å². The average molecular weight is 234 g/mol. The molecular formula is C14H18O3. The molecule has 1 aliphatic rings. The molecule has 0 bridgehead atoms. The maximum absolute atomic E-state index is 8.48. The van der Waals surface area contributed by atoms with Crippen molar-refractivity contribution in [2.45, 2.75) is 32.1 Å². The molecule has 1 aromatic rings. The van der Waals surface area contributed by atoms with Crippen LogP contribution in [0.1, 0.15) is 31.2 Å². The zero-order chi connectivity index (χ0) is 11.9. The second-order valence-electron chi connectivity index (χ2n) is 4.17. The third kappa shape index (κ3) is 3.41. The van der Waals surface area contributed by atoms with Crippen LogP contribution in [0.2, 0.25) is 0 Å². The van der Waals surface area contributed by atoms with Gasteiger partial charge in [-0.05, 0) is 43.4 Å². The van der Waals surface area contributed by atoms with Crippen molar-refractivity contribution in [2.24, 2.45) is 0 Å². The molecule has 0 atom stereocenters. The smallest absolute Gasteiger partial charge is 0.231 e. The second-order valence-corrected chi connectivity index (χ2v) is 4.17. The number of benzene rings is 1. The summed E-state index contributed by atoms with van der Waals surface area (Å²) in [6.07, 6.45) is 8.41. The standard InChI is InChI=1S/C14H18O3/c15-9-5-3-1-2-4-6-12-7-8-13-14(10-12)17-11-16-13/h5,7-10,15H,1-4,6,11H2. The fraction of sp³-hybridized carbons (Fsp3) is 0.429. The Labute approximate surface area is 102 Å². The summed E-state index contributed by atoms with van der Waals surface area (Å²) in [5.41, 5.74) is 1.30. The second kappa shape index (κ2) is 6.18. The van der Waals surface area contributed by atoms with Crippen LogP contribution in [0.5, 0.6) is 11.5 Å². The maximum atomic E-state index is 8.48. The van der Waals surface area contributed by atoms with E-state index in [1.54, 1.807) is 6.08 Å². The Morgan fingerprint density at radius 3 is 2.88 bits per heavy atom. The molecule has 3 nitrogen and oxygen atoms in total. The monoisotopic (exact) mass is 234 g/mol. The zero-order valence-corrected chi connectivity index (χ0v) is 9.89. The van der Waals surface area contributed by atoms with Crippen LogP contribution < -0.4 is 9.47 Å². The van der Waals surface area contributed by atoms with Gasteiger partial charge in [-0.1, -0.05) is 18.6 Å². The number of unbranched alkanes of at least 4 members (excludes halogenated alkanes) is 3. The molecule has 0 spiro atoms. The van der Waals surface area contributed by atoms with Gasteiger partial charge in [-0.25, -0.2) is 0 Å². The average Bonchev–Trinajstić information content (AvgIpc) is 2.81. The van der Waals surface area contributed by atoms with E-state index in [-0.39, 0.29) is 0 Å². The topological polar surface area (TPSA) is 38.7 Å². The van der Waals surface area contributed by atoms with Crippen molar-refractivity contribution in [3.8, 4) is 11.5 Å². The van der Waals surface area contributed by atoms with Crippen molar-refractivity contribution in [2.75, 3.05) is 6.79 Å². The predicted octanol–water partition coefficient (Wildman–Crippen LogP) is 3.59. The lowest BCUT2D eigenvalue weighted by Gasteiger charge is -2.02. The Kier molecular flexibility index (Phi) is 4.30. The van der Waals surface area contributed by atoms with Gasteiger partial charge in [0, 0.05) is 0 Å². The molecule has 0 saturated carbocycles. The molecule has 2 rings (SSSR count). The molecule has 1 aromatic carbocycles. The van der Waals surface area contributed by atoms with E-state index in [1.807, 2.05) is 6.07 Å². The van der Waals surface area contributed by atoms with Crippen molar-refractivity contribution in [1.29, 1.82) is 0 Å². The molecule has 1 heterocycles. The van der Waals surface area contributed by atoms with Gasteiger partial charge >= 0.3 is 0 Å². The van der Waals surface area contributed by atoms with E-state index < -0.39 is 0 Å². The van der Waals surface area contributed by atoms with Crippen LogP contribution in [0, 0.1) is 0 Å². The van der Waals surface area contributed by atoms with Crippen molar-refractivity contribution >= 4 is 0 Å². The van der Waals surface area contributed by atoms with Gasteiger partial charge in [0.05, 0.1) is 6.26 Å². The zero-order valence-electron chi connectivity index (χ0n) is 9.89. The first-order valence-electron chi connectivity index (χ1n) is 6.08. The van der Waals surface area contributed by atoms with Crippen LogP contribution in [0.4, 0.5) is 0 Å². The Morgan fingerprint density at radius 2 is 2.00 bits per heavy atom. The first-order chi connectivity index (χ1) is 8.40. The number of aliphatic hydroxyl groups excluding tert-OH is 1. The van der Waals surface area contributed by atoms with E-state index in [2.05, 4.69) is 12.1 Å². The van der Waals surface area contributed by atoms with Crippen LogP contribution in [0.3, 0.4) is 0 Å². The number of hydrogen-bond donors (Lipinski definition) is 1. The van der Waals surface area contributed by atoms with Crippen molar-refractivity contribution in [3.63, 3.8) is 0 Å². The lowest BCUT2D eigenvalue weighted by atomic mass is 10.1. The van der Waals surface area contributed by atoms with Gasteiger partial charge in [0.15, 0.2) is 11.5 Å². The molecule has 92 valence electrons. The number of fused-ring (bicyclic) bond motifs is 1. The minimum atomic E-state index is 0.340. The molecule has 0 radical (unpaired) electrons. The van der Waals surface area contributed by atoms with E-state index >= 15 is 0 Å². The SMILES string of the molecule is OC=CCCCCCc1ccc2c(c1)OCO2. The third-order valence-electron chi connectivity index (χ3n) is 2.88. The highest BCUT2D eigenvalue weighted by Gasteiger charge is 2.12. The highest BCUT2D eigenvalue weighted by atomic mass is 16.7. The summed E-state index contributed by atoms with van der Waals surface area (Å²) in [6.45, 7) is 0.340. The third-order valence-corrected chi connectivity index (χ3v) is 2.88. The molecule has 0 amide bonds. The lowest BCUT2D eigenvalue weighted by molar-refractivity contribution is 0.174. The number of allylic oxidation sites excluding steroid dienone is 1. The Morgan fingerprint density at radius 1 is 1.12 bits per heavy atom. The maximum Gasteiger partial charge on any atom is 0.231 e. The van der Waals surface area contributed by atoms with E-state index in [0.29, 0.717) is 6.79 Å². The fourth-order valence-corrected chi connectivity index (χ4v) is 1.94. The summed E-state index contributed by atoms with van der Waals surface area (Å²) >= 11 is 0. The van der Waals surface area contributed by atoms with E-state index in [0.717, 1.165) is 37.0 Å². The van der Waals surface area contributed by atoms with Gasteiger partial charge in [0.25, 0.3) is 0 Å². The number of aryl methyl sites for hydroxylation is 1. The van der Waals surface area contributed by atoms with E-state index in [9.17, 15) is 0 Å². The molecule has 3 heteroatoms. The van der Waals surface area contributed by atoms with Crippen LogP contribution in [0.25, 0.3) is 0 Å². The largest absolute Gasteiger partial charge is 0.516 e. The fourth-order valence-electron chi connectivity index (χ4n) is 1.94. The van der Waals surface area contributed by atoms with Gasteiger partial charge in [-0.15, -0.1) is 0 Å². The van der Waals surface area contributed by atoms with E-state index in [1.165, 1.54) is 18.4 Å². The normalized spacial score (nSPS) is 13.4. The van der Waals surface area contributed by atoms with Gasteiger partial charge in [-0.3, -0.25) is 0 Å². The van der Waals surface area contributed by atoms with Gasteiger partial charge in [0.2, 0.25) is 6.79 Å². The molecule has 0 aliphatic carbocycles. The van der Waals surface area contributed by atoms with Crippen LogP contribution in [-0.2, 0) is 6.42 Å². The molecule has 0 fully saturated rings. The van der Waals surface area contributed by atoms with Gasteiger partial charge < -0.3 is 14.6 Å². The van der Waals surface area contributed by atoms with Crippen molar-refractivity contribution in [1.82, 2.24) is 0 Å². The summed E-state index contributed by atoms with van der Waals surface area (Å²) in [4.78, 5) is 0. The number of aliphatic hydroxyl groups is 1.